The van der Waals surface area contributed by atoms with Crippen LogP contribution in [0.1, 0.15) is 37.3 Å². The zero-order chi connectivity index (χ0) is 14.5. The van der Waals surface area contributed by atoms with Gasteiger partial charge < -0.3 is 19.7 Å². The number of amides is 2. The summed E-state index contributed by atoms with van der Waals surface area (Å²) in [7, 11) is 0. The van der Waals surface area contributed by atoms with Crippen LogP contribution in [0.3, 0.4) is 0 Å². The first-order valence-corrected chi connectivity index (χ1v) is 6.74. The highest BCUT2D eigenvalue weighted by Crippen LogP contribution is 2.19. The van der Waals surface area contributed by atoms with Crippen LogP contribution in [0, 0.1) is 6.92 Å². The molecule has 1 aromatic rings. The van der Waals surface area contributed by atoms with Gasteiger partial charge in [-0.2, -0.15) is 0 Å². The first-order chi connectivity index (χ1) is 9.56. The number of carboxylic acids is 1. The predicted octanol–water partition coefficient (Wildman–Crippen LogP) is 1.52. The molecule has 0 spiro atoms. The molecule has 2 N–H and O–H groups in total. The lowest BCUT2D eigenvalue weighted by molar-refractivity contribution is -0.138. The van der Waals surface area contributed by atoms with Gasteiger partial charge in [0.2, 0.25) is 5.89 Å². The largest absolute Gasteiger partial charge is 0.481 e. The van der Waals surface area contributed by atoms with Crippen molar-refractivity contribution in [3.8, 4) is 0 Å². The van der Waals surface area contributed by atoms with Crippen LogP contribution in [0.15, 0.2) is 10.6 Å². The molecule has 1 unspecified atom stereocenters. The Morgan fingerprint density at radius 3 is 3.00 bits per heavy atom. The number of aryl methyl sites for hydroxylation is 1. The van der Waals surface area contributed by atoms with E-state index >= 15 is 0 Å². The quantitative estimate of drug-likeness (QED) is 0.872. The Hall–Kier alpha value is -2.05. The smallest absolute Gasteiger partial charge is 0.318 e. The van der Waals surface area contributed by atoms with Gasteiger partial charge in [0.25, 0.3) is 0 Å². The maximum atomic E-state index is 12.1. The van der Waals surface area contributed by atoms with E-state index in [0.29, 0.717) is 18.2 Å². The lowest BCUT2D eigenvalue weighted by atomic mass is 10.00. The van der Waals surface area contributed by atoms with Crippen molar-refractivity contribution < 1.29 is 19.1 Å². The molecule has 0 radical (unpaired) electrons. The van der Waals surface area contributed by atoms with Crippen LogP contribution < -0.4 is 5.32 Å². The number of hydrogen-bond acceptors (Lipinski definition) is 4. The molecule has 2 rings (SSSR count). The highest BCUT2D eigenvalue weighted by atomic mass is 16.4. The molecule has 0 aliphatic carbocycles. The van der Waals surface area contributed by atoms with Crippen LogP contribution in [0.5, 0.6) is 0 Å². The van der Waals surface area contributed by atoms with E-state index in [1.54, 1.807) is 18.0 Å². The van der Waals surface area contributed by atoms with Crippen LogP contribution >= 0.6 is 0 Å². The number of nitrogens with zero attached hydrogens (tertiary/aromatic N) is 2. The summed E-state index contributed by atoms with van der Waals surface area (Å²) >= 11 is 0. The number of aromatic nitrogens is 1. The zero-order valence-corrected chi connectivity index (χ0v) is 11.5. The minimum Gasteiger partial charge on any atom is -0.481 e. The summed E-state index contributed by atoms with van der Waals surface area (Å²) in [4.78, 5) is 28.6. The van der Waals surface area contributed by atoms with E-state index in [1.807, 2.05) is 0 Å². The Bertz CT molecular complexity index is 486. The van der Waals surface area contributed by atoms with Gasteiger partial charge in [-0.3, -0.25) is 4.79 Å². The van der Waals surface area contributed by atoms with Crippen molar-refractivity contribution >= 4 is 12.0 Å². The van der Waals surface area contributed by atoms with Crippen molar-refractivity contribution in [3.05, 3.63) is 17.8 Å². The average Bonchev–Trinajstić information content (AvgIpc) is 2.82. The van der Waals surface area contributed by atoms with Gasteiger partial charge in [0.05, 0.1) is 19.2 Å². The number of rotatable bonds is 4. The Morgan fingerprint density at radius 1 is 1.55 bits per heavy atom. The standard InChI is InChI=1S/C13H19N3O4/c1-9-7-14-11(20-9)8-15-13(19)16-5-3-2-4-10(16)6-12(17)18/h7,10H,2-6,8H2,1H3,(H,15,19)(H,17,18). The van der Waals surface area contributed by atoms with Crippen LogP contribution in [-0.2, 0) is 11.3 Å². The van der Waals surface area contributed by atoms with Crippen molar-refractivity contribution in [2.24, 2.45) is 0 Å². The molecule has 0 bridgehead atoms. The lowest BCUT2D eigenvalue weighted by Crippen LogP contribution is -2.49. The summed E-state index contributed by atoms with van der Waals surface area (Å²) in [6, 6.07) is -0.487. The molecule has 1 fully saturated rings. The first kappa shape index (κ1) is 14.4. The van der Waals surface area contributed by atoms with Gasteiger partial charge in [0.1, 0.15) is 5.76 Å². The van der Waals surface area contributed by atoms with E-state index in [0.717, 1.165) is 19.3 Å². The predicted molar refractivity (Wildman–Crippen MR) is 70.1 cm³/mol. The number of nitrogens with one attached hydrogen (secondary N) is 1. The Labute approximate surface area is 117 Å². The number of oxazole rings is 1. The van der Waals surface area contributed by atoms with Crippen molar-refractivity contribution in [1.29, 1.82) is 0 Å². The van der Waals surface area contributed by atoms with Crippen LogP contribution in [0.4, 0.5) is 4.79 Å². The van der Waals surface area contributed by atoms with Gasteiger partial charge in [0, 0.05) is 12.6 Å². The van der Waals surface area contributed by atoms with Crippen molar-refractivity contribution in [2.75, 3.05) is 6.54 Å². The lowest BCUT2D eigenvalue weighted by Gasteiger charge is -2.34. The van der Waals surface area contributed by atoms with E-state index < -0.39 is 5.97 Å². The highest BCUT2D eigenvalue weighted by molar-refractivity contribution is 5.76. The third-order valence-electron chi connectivity index (χ3n) is 3.36. The summed E-state index contributed by atoms with van der Waals surface area (Å²) in [5.74, 6) is 0.261. The number of urea groups is 1. The number of aliphatic carboxylic acids is 1. The second-order valence-corrected chi connectivity index (χ2v) is 4.96. The molecule has 20 heavy (non-hydrogen) atoms. The fourth-order valence-electron chi connectivity index (χ4n) is 2.42. The normalized spacial score (nSPS) is 18.9. The van der Waals surface area contributed by atoms with E-state index in [9.17, 15) is 9.59 Å². The van der Waals surface area contributed by atoms with Crippen LogP contribution in [0.25, 0.3) is 0 Å². The molecule has 0 aromatic carbocycles. The van der Waals surface area contributed by atoms with Gasteiger partial charge in [-0.05, 0) is 26.2 Å². The van der Waals surface area contributed by atoms with E-state index in [4.69, 9.17) is 9.52 Å². The highest BCUT2D eigenvalue weighted by Gasteiger charge is 2.28. The maximum absolute atomic E-state index is 12.1. The Balaban J connectivity index is 1.90. The van der Waals surface area contributed by atoms with Crippen molar-refractivity contribution in [3.63, 3.8) is 0 Å². The summed E-state index contributed by atoms with van der Waals surface area (Å²) in [6.07, 6.45) is 4.18. The third kappa shape index (κ3) is 3.72. The monoisotopic (exact) mass is 281 g/mol. The van der Waals surface area contributed by atoms with Crippen LogP contribution in [0.2, 0.25) is 0 Å². The summed E-state index contributed by atoms with van der Waals surface area (Å²) in [5.41, 5.74) is 0. The zero-order valence-electron chi connectivity index (χ0n) is 11.5. The minimum absolute atomic E-state index is 0.00840. The number of hydrogen-bond donors (Lipinski definition) is 2. The SMILES string of the molecule is Cc1cnc(CNC(=O)N2CCCCC2CC(=O)O)o1. The number of carboxylic acid groups (broad SMARTS) is 1. The van der Waals surface area contributed by atoms with E-state index in [1.165, 1.54) is 0 Å². The topological polar surface area (TPSA) is 95.7 Å². The average molecular weight is 281 g/mol. The molecular formula is C13H19N3O4. The molecule has 1 atom stereocenters. The molecule has 7 heteroatoms. The fraction of sp³-hybridized carbons (Fsp3) is 0.615. The van der Waals surface area contributed by atoms with Gasteiger partial charge in [0.15, 0.2) is 0 Å². The minimum atomic E-state index is -0.877. The first-order valence-electron chi connectivity index (χ1n) is 6.74. The van der Waals surface area contributed by atoms with Gasteiger partial charge >= 0.3 is 12.0 Å². The van der Waals surface area contributed by atoms with Crippen LogP contribution in [-0.4, -0.2) is 39.6 Å². The molecule has 1 saturated heterocycles. The molecule has 1 aliphatic heterocycles. The fourth-order valence-corrected chi connectivity index (χ4v) is 2.42. The van der Waals surface area contributed by atoms with Gasteiger partial charge in [-0.1, -0.05) is 0 Å². The molecule has 2 amide bonds. The van der Waals surface area contributed by atoms with Crippen molar-refractivity contribution in [2.45, 2.75) is 45.2 Å². The molecule has 1 aliphatic rings. The Morgan fingerprint density at radius 2 is 2.35 bits per heavy atom. The summed E-state index contributed by atoms with van der Waals surface area (Å²) in [6.45, 7) is 2.59. The molecule has 1 aromatic heterocycles. The van der Waals surface area contributed by atoms with E-state index in [2.05, 4.69) is 10.3 Å². The number of carbonyl (C=O) groups excluding carboxylic acids is 1. The number of likely N-dealkylation sites (tertiary alicyclic amines) is 1. The second kappa shape index (κ2) is 6.40. The summed E-state index contributed by atoms with van der Waals surface area (Å²) in [5, 5.41) is 11.6. The maximum Gasteiger partial charge on any atom is 0.318 e. The molecule has 110 valence electrons. The number of carbonyl (C=O) groups is 2. The Kier molecular flexibility index (Phi) is 4.60. The van der Waals surface area contributed by atoms with Crippen molar-refractivity contribution in [1.82, 2.24) is 15.2 Å². The molecule has 2 heterocycles. The van der Waals surface area contributed by atoms with Gasteiger partial charge in [-0.15, -0.1) is 0 Å². The number of piperidine rings is 1. The third-order valence-corrected chi connectivity index (χ3v) is 3.36. The second-order valence-electron chi connectivity index (χ2n) is 4.96. The molecule has 0 saturated carbocycles. The summed E-state index contributed by atoms with van der Waals surface area (Å²) < 4.78 is 5.27. The molecular weight excluding hydrogens is 262 g/mol. The molecule has 7 nitrogen and oxygen atoms in total. The van der Waals surface area contributed by atoms with Gasteiger partial charge in [-0.25, -0.2) is 9.78 Å². The van der Waals surface area contributed by atoms with E-state index in [-0.39, 0.29) is 25.0 Å².